The maximum Gasteiger partial charge on any atom is 0.405 e. The van der Waals surface area contributed by atoms with E-state index in [0.29, 0.717) is 12.0 Å². The van der Waals surface area contributed by atoms with Gasteiger partial charge >= 0.3 is 6.09 Å². The lowest BCUT2D eigenvalue weighted by molar-refractivity contribution is -0.120. The van der Waals surface area contributed by atoms with Crippen LogP contribution in [0.2, 0.25) is 0 Å². The molecule has 0 unspecified atom stereocenters. The number of fused-ring (bicyclic) bond motifs is 2. The molecule has 1 heterocycles. The van der Waals surface area contributed by atoms with Crippen LogP contribution in [0, 0.1) is 11.8 Å². The van der Waals surface area contributed by atoms with Crippen molar-refractivity contribution in [1.82, 2.24) is 10.6 Å². The van der Waals surface area contributed by atoms with Crippen LogP contribution in [0.25, 0.3) is 0 Å². The van der Waals surface area contributed by atoms with E-state index in [2.05, 4.69) is 17.2 Å². The van der Waals surface area contributed by atoms with Gasteiger partial charge in [0.15, 0.2) is 6.10 Å². The first-order valence-corrected chi connectivity index (χ1v) is 13.8. The van der Waals surface area contributed by atoms with E-state index < -0.39 is 53.9 Å². The zero-order valence-electron chi connectivity index (χ0n) is 25.1. The van der Waals surface area contributed by atoms with Crippen molar-refractivity contribution in [3.8, 4) is 0 Å². The number of carbonyl (C=O) groups excluding carboxylic acids is 4. The molecule has 2 aliphatic rings. The van der Waals surface area contributed by atoms with Gasteiger partial charge in [-0.1, -0.05) is 44.2 Å². The van der Waals surface area contributed by atoms with Crippen molar-refractivity contribution < 1.29 is 38.5 Å². The van der Waals surface area contributed by atoms with Gasteiger partial charge < -0.3 is 35.7 Å². The van der Waals surface area contributed by atoms with Crippen LogP contribution in [-0.4, -0.2) is 73.9 Å². The summed E-state index contributed by atoms with van der Waals surface area (Å²) in [5.41, 5.74) is 6.42. The quantitative estimate of drug-likeness (QED) is 0.271. The van der Waals surface area contributed by atoms with E-state index >= 15 is 0 Å². The summed E-state index contributed by atoms with van der Waals surface area (Å²) in [6.45, 7) is 10.9. The van der Waals surface area contributed by atoms with E-state index in [1.807, 2.05) is 6.92 Å². The van der Waals surface area contributed by atoms with Crippen LogP contribution >= 0.6 is 0 Å². The minimum absolute atomic E-state index is 0.132. The number of primary amides is 1. The Balaban J connectivity index is 2.62. The number of ether oxygens (including phenoxy) is 3. The zero-order chi connectivity index (χ0) is 31.6. The SMILES string of the molecule is C=CCNC1=C2C[C@@H](C)C[C@@H](OC)[C@H](O)[C@H](C)C=C(C)[C@@H](OC(N)=O)[C@H](OC)C=CC=C(C)C(=O)NC(=CC1=O)C2=O. The number of ketones is 2. The van der Waals surface area contributed by atoms with Gasteiger partial charge in [-0.05, 0) is 38.2 Å². The minimum Gasteiger partial charge on any atom is -0.439 e. The number of Topliss-reactive ketones (excluding diaryl/α,β-unsaturated/α-hetero) is 1. The van der Waals surface area contributed by atoms with Crippen LogP contribution in [0.4, 0.5) is 4.79 Å². The Bertz CT molecular complexity index is 1210. The second-order valence-corrected chi connectivity index (χ2v) is 10.6. The van der Waals surface area contributed by atoms with Crippen molar-refractivity contribution in [3.05, 3.63) is 71.1 Å². The van der Waals surface area contributed by atoms with Crippen molar-refractivity contribution in [2.24, 2.45) is 17.6 Å². The third kappa shape index (κ3) is 9.10. The van der Waals surface area contributed by atoms with Crippen molar-refractivity contribution in [2.45, 2.75) is 65.0 Å². The van der Waals surface area contributed by atoms with Gasteiger partial charge in [0.2, 0.25) is 11.6 Å². The van der Waals surface area contributed by atoms with Gasteiger partial charge in [0.1, 0.15) is 6.10 Å². The minimum atomic E-state index is -1.00. The largest absolute Gasteiger partial charge is 0.439 e. The number of hydrogen-bond donors (Lipinski definition) is 4. The molecular formula is C31H43N3O8. The molecule has 42 heavy (non-hydrogen) atoms. The molecule has 0 saturated carbocycles. The number of carbonyl (C=O) groups is 4. The average Bonchev–Trinajstić information content (AvgIpc) is 2.94. The van der Waals surface area contributed by atoms with E-state index in [0.717, 1.165) is 6.08 Å². The number of rotatable bonds is 6. The van der Waals surface area contributed by atoms with Crippen molar-refractivity contribution in [3.63, 3.8) is 0 Å². The Morgan fingerprint density at radius 3 is 2.50 bits per heavy atom. The third-order valence-electron chi connectivity index (χ3n) is 7.22. The predicted molar refractivity (Wildman–Crippen MR) is 158 cm³/mol. The molecule has 2 rings (SSSR count). The monoisotopic (exact) mass is 585 g/mol. The molecule has 2 bridgehead atoms. The first-order chi connectivity index (χ1) is 19.8. The Kier molecular flexibility index (Phi) is 13.1. The smallest absolute Gasteiger partial charge is 0.405 e. The van der Waals surface area contributed by atoms with E-state index in [1.165, 1.54) is 20.3 Å². The Morgan fingerprint density at radius 2 is 1.90 bits per heavy atom. The summed E-state index contributed by atoms with van der Waals surface area (Å²) in [6, 6.07) is 0. The summed E-state index contributed by atoms with van der Waals surface area (Å²) in [5, 5.41) is 16.7. The predicted octanol–water partition coefficient (Wildman–Crippen LogP) is 2.54. The van der Waals surface area contributed by atoms with Crippen LogP contribution in [0.1, 0.15) is 40.5 Å². The first kappa shape index (κ1) is 34.4. The fourth-order valence-electron chi connectivity index (χ4n) is 4.95. The summed E-state index contributed by atoms with van der Waals surface area (Å²) in [6.07, 6.45) is 5.34. The molecule has 0 saturated heterocycles. The summed E-state index contributed by atoms with van der Waals surface area (Å²) in [7, 11) is 2.92. The molecule has 11 nitrogen and oxygen atoms in total. The van der Waals surface area contributed by atoms with Crippen molar-refractivity contribution in [1.29, 1.82) is 0 Å². The van der Waals surface area contributed by atoms with E-state index in [9.17, 15) is 24.3 Å². The molecule has 0 aromatic rings. The molecular weight excluding hydrogens is 542 g/mol. The number of aliphatic hydroxyl groups is 1. The number of hydrogen-bond acceptors (Lipinski definition) is 9. The van der Waals surface area contributed by atoms with Crippen LogP contribution in [0.3, 0.4) is 0 Å². The van der Waals surface area contributed by atoms with Gasteiger partial charge in [-0.25, -0.2) is 4.79 Å². The lowest BCUT2D eigenvalue weighted by Gasteiger charge is -2.30. The molecule has 1 aliphatic carbocycles. The molecule has 0 aromatic carbocycles. The van der Waals surface area contributed by atoms with Gasteiger partial charge in [0.05, 0.1) is 23.6 Å². The molecule has 0 radical (unpaired) electrons. The number of methoxy groups -OCH3 is 2. The van der Waals surface area contributed by atoms with Crippen LogP contribution in [-0.2, 0) is 28.6 Å². The third-order valence-corrected chi connectivity index (χ3v) is 7.22. The number of amides is 2. The maximum absolute atomic E-state index is 13.5. The van der Waals surface area contributed by atoms with Crippen molar-refractivity contribution in [2.75, 3.05) is 20.8 Å². The molecule has 0 aromatic heterocycles. The first-order valence-electron chi connectivity index (χ1n) is 13.8. The van der Waals surface area contributed by atoms with Gasteiger partial charge in [-0.2, -0.15) is 0 Å². The molecule has 5 N–H and O–H groups in total. The average molecular weight is 586 g/mol. The Labute approximate surface area is 247 Å². The summed E-state index contributed by atoms with van der Waals surface area (Å²) >= 11 is 0. The second-order valence-electron chi connectivity index (χ2n) is 10.6. The van der Waals surface area contributed by atoms with Crippen molar-refractivity contribution >= 4 is 23.6 Å². The molecule has 6 atom stereocenters. The summed E-state index contributed by atoms with van der Waals surface area (Å²) in [4.78, 5) is 51.3. The standard InChI is InChI=1S/C31H43N3O8/c1-8-12-33-26-21-13-17(2)14-25(41-7)27(36)19(4)15-20(5)29(42-31(32)39)24(40-6)11-9-10-18(3)30(38)34-22(28(21)37)16-23(26)35/h8-11,15-17,19,24-25,27,29,33,36H,1,12-14H2,2-7H3,(H2,32,39)(H,34,38)/t17-,19-,24-,25-,27-,29-/m1/s1. The molecule has 0 spiro atoms. The zero-order valence-corrected chi connectivity index (χ0v) is 25.1. The van der Waals surface area contributed by atoms with Gasteiger partial charge in [0, 0.05) is 43.9 Å². The number of nitrogens with one attached hydrogen (secondary N) is 2. The normalized spacial score (nSPS) is 28.4. The lowest BCUT2D eigenvalue weighted by atomic mass is 9.85. The Hall–Kier alpha value is -3.80. The highest BCUT2D eigenvalue weighted by Gasteiger charge is 2.33. The molecule has 2 amide bonds. The number of aliphatic hydroxyl groups excluding tert-OH is 1. The molecule has 11 heteroatoms. The second kappa shape index (κ2) is 16.0. The maximum atomic E-state index is 13.5. The van der Waals surface area contributed by atoms with E-state index in [4.69, 9.17) is 19.9 Å². The highest BCUT2D eigenvalue weighted by atomic mass is 16.6. The fraction of sp³-hybridized carbons (Fsp3) is 0.484. The van der Waals surface area contributed by atoms with E-state index in [-0.39, 0.29) is 41.4 Å². The summed E-state index contributed by atoms with van der Waals surface area (Å²) in [5.74, 6) is -2.14. The lowest BCUT2D eigenvalue weighted by Crippen LogP contribution is -2.37. The molecule has 0 fully saturated rings. The van der Waals surface area contributed by atoms with E-state index in [1.54, 1.807) is 45.1 Å². The highest BCUT2D eigenvalue weighted by molar-refractivity contribution is 6.23. The Morgan fingerprint density at radius 1 is 1.21 bits per heavy atom. The van der Waals surface area contributed by atoms with Crippen LogP contribution in [0.5, 0.6) is 0 Å². The van der Waals surface area contributed by atoms with Crippen LogP contribution < -0.4 is 16.4 Å². The van der Waals surface area contributed by atoms with Gasteiger partial charge in [-0.15, -0.1) is 6.58 Å². The van der Waals surface area contributed by atoms with Crippen LogP contribution in [0.15, 0.2) is 71.1 Å². The molecule has 230 valence electrons. The summed E-state index contributed by atoms with van der Waals surface area (Å²) < 4.78 is 16.6. The number of allylic oxidation sites excluding steroid dienone is 4. The van der Waals surface area contributed by atoms with Gasteiger partial charge in [0.25, 0.3) is 5.91 Å². The topological polar surface area (TPSA) is 166 Å². The van der Waals surface area contributed by atoms with Gasteiger partial charge in [-0.3, -0.25) is 14.4 Å². The molecule has 1 aliphatic heterocycles. The fourth-order valence-corrected chi connectivity index (χ4v) is 4.95. The number of nitrogens with two attached hydrogens (primary N) is 1. The highest BCUT2D eigenvalue weighted by Crippen LogP contribution is 2.28.